The van der Waals surface area contributed by atoms with E-state index in [4.69, 9.17) is 0 Å². The Morgan fingerprint density at radius 2 is 2.12 bits per heavy atom. The van der Waals surface area contributed by atoms with E-state index in [-0.39, 0.29) is 5.91 Å². The zero-order valence-corrected chi connectivity index (χ0v) is 10.1. The number of para-hydroxylation sites is 1. The molecule has 1 aliphatic carbocycles. The molecule has 0 aliphatic heterocycles. The number of amides is 1. The largest absolute Gasteiger partial charge is 0.358 e. The van der Waals surface area contributed by atoms with Crippen molar-refractivity contribution in [2.45, 2.75) is 32.7 Å². The van der Waals surface area contributed by atoms with E-state index >= 15 is 0 Å². The predicted molar refractivity (Wildman–Crippen MR) is 68.3 cm³/mol. The minimum Gasteiger partial charge on any atom is -0.358 e. The minimum atomic E-state index is 0.0411. The van der Waals surface area contributed by atoms with Gasteiger partial charge in [-0.1, -0.05) is 12.1 Å². The lowest BCUT2D eigenvalue weighted by molar-refractivity contribution is 0.0952. The van der Waals surface area contributed by atoms with Crippen LogP contribution in [0.15, 0.2) is 18.2 Å². The number of H-pyrrole nitrogens is 1. The summed E-state index contributed by atoms with van der Waals surface area (Å²) in [5, 5.41) is 4.18. The Bertz CT molecular complexity index is 594. The summed E-state index contributed by atoms with van der Waals surface area (Å²) in [6.07, 6.45) is 2.23. The second kappa shape index (κ2) is 3.62. The Balaban J connectivity index is 2.08. The fraction of sp³-hybridized carbons (Fsp3) is 0.357. The van der Waals surface area contributed by atoms with Crippen LogP contribution >= 0.6 is 0 Å². The molecule has 1 saturated carbocycles. The van der Waals surface area contributed by atoms with Gasteiger partial charge in [0, 0.05) is 17.1 Å². The van der Waals surface area contributed by atoms with E-state index < -0.39 is 0 Å². The lowest BCUT2D eigenvalue weighted by Crippen LogP contribution is -2.25. The summed E-state index contributed by atoms with van der Waals surface area (Å²) in [7, 11) is 0. The highest BCUT2D eigenvalue weighted by Crippen LogP contribution is 2.25. The molecule has 1 aromatic heterocycles. The van der Waals surface area contributed by atoms with E-state index in [9.17, 15) is 4.79 Å². The first-order valence-electron chi connectivity index (χ1n) is 6.05. The van der Waals surface area contributed by atoms with Gasteiger partial charge >= 0.3 is 0 Å². The number of nitrogens with one attached hydrogen (secondary N) is 2. The number of aromatic nitrogens is 1. The monoisotopic (exact) mass is 228 g/mol. The molecule has 3 heteroatoms. The molecule has 2 N–H and O–H groups in total. The van der Waals surface area contributed by atoms with E-state index in [0.717, 1.165) is 35.0 Å². The third-order valence-corrected chi connectivity index (χ3v) is 3.50. The lowest BCUT2D eigenvalue weighted by atomic mass is 10.1. The Hall–Kier alpha value is -1.77. The highest BCUT2D eigenvalue weighted by molar-refractivity contribution is 6.06. The summed E-state index contributed by atoms with van der Waals surface area (Å²) >= 11 is 0. The molecule has 1 aromatic carbocycles. The summed E-state index contributed by atoms with van der Waals surface area (Å²) in [5.41, 5.74) is 4.07. The van der Waals surface area contributed by atoms with Crippen molar-refractivity contribution in [2.24, 2.45) is 0 Å². The topological polar surface area (TPSA) is 44.9 Å². The van der Waals surface area contributed by atoms with Crippen LogP contribution in [0.5, 0.6) is 0 Å². The van der Waals surface area contributed by atoms with E-state index in [1.807, 2.05) is 19.1 Å². The maximum Gasteiger partial charge on any atom is 0.253 e. The van der Waals surface area contributed by atoms with Gasteiger partial charge in [-0.15, -0.1) is 0 Å². The fourth-order valence-electron chi connectivity index (χ4n) is 2.16. The van der Waals surface area contributed by atoms with Gasteiger partial charge in [0.05, 0.1) is 11.1 Å². The molecule has 88 valence electrons. The molecule has 0 atom stereocenters. The van der Waals surface area contributed by atoms with E-state index in [0.29, 0.717) is 6.04 Å². The van der Waals surface area contributed by atoms with Gasteiger partial charge in [-0.2, -0.15) is 0 Å². The van der Waals surface area contributed by atoms with Gasteiger partial charge in [0.1, 0.15) is 0 Å². The number of hydrogen-bond acceptors (Lipinski definition) is 1. The number of aryl methyl sites for hydroxylation is 2. The smallest absolute Gasteiger partial charge is 0.253 e. The average molecular weight is 228 g/mol. The predicted octanol–water partition coefficient (Wildman–Crippen LogP) is 2.68. The van der Waals surface area contributed by atoms with Gasteiger partial charge in [0.15, 0.2) is 0 Å². The minimum absolute atomic E-state index is 0.0411. The first kappa shape index (κ1) is 10.4. The lowest BCUT2D eigenvalue weighted by Gasteiger charge is -2.04. The van der Waals surface area contributed by atoms with Crippen LogP contribution in [-0.2, 0) is 0 Å². The molecule has 1 fully saturated rings. The highest BCUT2D eigenvalue weighted by Gasteiger charge is 2.24. The van der Waals surface area contributed by atoms with Crippen molar-refractivity contribution < 1.29 is 4.79 Å². The van der Waals surface area contributed by atoms with Crippen LogP contribution < -0.4 is 5.32 Å². The molecule has 0 unspecified atom stereocenters. The summed E-state index contributed by atoms with van der Waals surface area (Å²) in [6, 6.07) is 6.29. The molecule has 1 heterocycles. The molecule has 0 bridgehead atoms. The second-order valence-corrected chi connectivity index (χ2v) is 4.85. The number of carbonyl (C=O) groups is 1. The molecule has 0 radical (unpaired) electrons. The third-order valence-electron chi connectivity index (χ3n) is 3.50. The maximum absolute atomic E-state index is 12.1. The molecule has 1 amide bonds. The SMILES string of the molecule is Cc1[nH]c2c(C(=O)NC3CC3)cccc2c1C. The van der Waals surface area contributed by atoms with Crippen molar-refractivity contribution in [1.29, 1.82) is 0 Å². The number of hydrogen-bond donors (Lipinski definition) is 2. The molecule has 0 saturated heterocycles. The number of rotatable bonds is 2. The first-order chi connectivity index (χ1) is 8.16. The maximum atomic E-state index is 12.1. The number of fused-ring (bicyclic) bond motifs is 1. The Labute approximate surface area is 100 Å². The second-order valence-electron chi connectivity index (χ2n) is 4.85. The van der Waals surface area contributed by atoms with Crippen LogP contribution in [-0.4, -0.2) is 16.9 Å². The normalized spacial score (nSPS) is 15.2. The van der Waals surface area contributed by atoms with E-state index in [1.165, 1.54) is 5.56 Å². The van der Waals surface area contributed by atoms with Gasteiger partial charge < -0.3 is 10.3 Å². The molecule has 0 spiro atoms. The van der Waals surface area contributed by atoms with Gasteiger partial charge in [0.2, 0.25) is 0 Å². The van der Waals surface area contributed by atoms with Crippen molar-refractivity contribution in [3.63, 3.8) is 0 Å². The first-order valence-corrected chi connectivity index (χ1v) is 6.05. The van der Waals surface area contributed by atoms with Crippen molar-refractivity contribution in [2.75, 3.05) is 0 Å². The zero-order valence-electron chi connectivity index (χ0n) is 10.1. The van der Waals surface area contributed by atoms with Crippen LogP contribution in [0.1, 0.15) is 34.5 Å². The Morgan fingerprint density at radius 3 is 2.82 bits per heavy atom. The molecule has 3 nitrogen and oxygen atoms in total. The molecular formula is C14H16N2O. The van der Waals surface area contributed by atoms with Crippen molar-refractivity contribution in [1.82, 2.24) is 10.3 Å². The molecule has 1 aliphatic rings. The molecule has 2 aromatic rings. The molecule has 17 heavy (non-hydrogen) atoms. The van der Waals surface area contributed by atoms with Crippen LogP contribution in [0.25, 0.3) is 10.9 Å². The van der Waals surface area contributed by atoms with Crippen LogP contribution in [0, 0.1) is 13.8 Å². The summed E-state index contributed by atoms with van der Waals surface area (Å²) in [5.74, 6) is 0.0411. The van der Waals surface area contributed by atoms with E-state index in [2.05, 4.69) is 23.3 Å². The van der Waals surface area contributed by atoms with Gasteiger partial charge in [-0.05, 0) is 38.3 Å². The number of aromatic amines is 1. The summed E-state index contributed by atoms with van der Waals surface area (Å²) in [6.45, 7) is 4.12. The van der Waals surface area contributed by atoms with Crippen LogP contribution in [0.4, 0.5) is 0 Å². The van der Waals surface area contributed by atoms with Gasteiger partial charge in [-0.25, -0.2) is 0 Å². The number of carbonyl (C=O) groups excluding carboxylic acids is 1. The zero-order chi connectivity index (χ0) is 12.0. The summed E-state index contributed by atoms with van der Waals surface area (Å²) in [4.78, 5) is 15.4. The average Bonchev–Trinajstić information content (AvgIpc) is 3.07. The molecule has 3 rings (SSSR count). The van der Waals surface area contributed by atoms with Crippen LogP contribution in [0.3, 0.4) is 0 Å². The van der Waals surface area contributed by atoms with Crippen molar-refractivity contribution in [3.05, 3.63) is 35.0 Å². The standard InChI is InChI=1S/C14H16N2O/c1-8-9(2)15-13-11(8)4-3-5-12(13)14(17)16-10-6-7-10/h3-5,10,15H,6-7H2,1-2H3,(H,16,17). The van der Waals surface area contributed by atoms with Crippen molar-refractivity contribution in [3.8, 4) is 0 Å². The number of benzene rings is 1. The Morgan fingerprint density at radius 1 is 1.35 bits per heavy atom. The third kappa shape index (κ3) is 1.71. The Kier molecular flexibility index (Phi) is 2.21. The summed E-state index contributed by atoms with van der Waals surface area (Å²) < 4.78 is 0. The van der Waals surface area contributed by atoms with Crippen molar-refractivity contribution >= 4 is 16.8 Å². The quantitative estimate of drug-likeness (QED) is 0.815. The van der Waals surface area contributed by atoms with Crippen LogP contribution in [0.2, 0.25) is 0 Å². The van der Waals surface area contributed by atoms with E-state index in [1.54, 1.807) is 0 Å². The highest BCUT2D eigenvalue weighted by atomic mass is 16.1. The van der Waals surface area contributed by atoms with Gasteiger partial charge in [-0.3, -0.25) is 4.79 Å². The molecular weight excluding hydrogens is 212 g/mol. The van der Waals surface area contributed by atoms with Gasteiger partial charge in [0.25, 0.3) is 5.91 Å². The fourth-order valence-corrected chi connectivity index (χ4v) is 2.16.